The number of phenolic OH excluding ortho intramolecular Hbond substituents is 1. The van der Waals surface area contributed by atoms with Crippen LogP contribution < -0.4 is 0 Å². The molecule has 1 unspecified atom stereocenters. The van der Waals surface area contributed by atoms with E-state index in [0.717, 1.165) is 22.5 Å². The van der Waals surface area contributed by atoms with Crippen molar-refractivity contribution in [1.82, 2.24) is 0 Å². The fourth-order valence-electron chi connectivity index (χ4n) is 1.64. The Bertz CT molecular complexity index is 336. The van der Waals surface area contributed by atoms with Gasteiger partial charge in [-0.05, 0) is 12.1 Å². The van der Waals surface area contributed by atoms with E-state index < -0.39 is 0 Å². The standard InChI is InChI=1S/C10H10O2S/c11-5-4-7-6-13-9-3-1-2-8(12)10(7)9/h1-3,5,7,12H,4,6H2. The van der Waals surface area contributed by atoms with Crippen LogP contribution in [0.15, 0.2) is 23.1 Å². The number of aromatic hydroxyl groups is 1. The summed E-state index contributed by atoms with van der Waals surface area (Å²) in [6.07, 6.45) is 1.43. The van der Waals surface area contributed by atoms with E-state index in [1.807, 2.05) is 12.1 Å². The van der Waals surface area contributed by atoms with Crippen LogP contribution >= 0.6 is 11.8 Å². The Balaban J connectivity index is 2.39. The van der Waals surface area contributed by atoms with E-state index in [1.165, 1.54) is 0 Å². The lowest BCUT2D eigenvalue weighted by atomic mass is 9.98. The molecule has 0 spiro atoms. The summed E-state index contributed by atoms with van der Waals surface area (Å²) in [6.45, 7) is 0. The third-order valence-corrected chi connectivity index (χ3v) is 3.51. The van der Waals surface area contributed by atoms with Gasteiger partial charge in [0.15, 0.2) is 0 Å². The van der Waals surface area contributed by atoms with Crippen molar-refractivity contribution >= 4 is 18.0 Å². The average molecular weight is 194 g/mol. The van der Waals surface area contributed by atoms with Crippen molar-refractivity contribution in [2.24, 2.45) is 0 Å². The smallest absolute Gasteiger partial charge is 0.120 e. The molecule has 1 N–H and O–H groups in total. The van der Waals surface area contributed by atoms with Crippen LogP contribution in [0.4, 0.5) is 0 Å². The van der Waals surface area contributed by atoms with Gasteiger partial charge >= 0.3 is 0 Å². The Labute approximate surface area is 81.0 Å². The molecule has 0 saturated carbocycles. The van der Waals surface area contributed by atoms with Crippen molar-refractivity contribution in [3.63, 3.8) is 0 Å². The minimum atomic E-state index is 0.207. The van der Waals surface area contributed by atoms with Gasteiger partial charge in [-0.15, -0.1) is 11.8 Å². The van der Waals surface area contributed by atoms with Crippen LogP contribution in [0.2, 0.25) is 0 Å². The molecule has 2 nitrogen and oxygen atoms in total. The van der Waals surface area contributed by atoms with E-state index in [1.54, 1.807) is 17.8 Å². The van der Waals surface area contributed by atoms with Gasteiger partial charge in [0.05, 0.1) is 0 Å². The number of benzene rings is 1. The number of carbonyl (C=O) groups excluding carboxylic acids is 1. The van der Waals surface area contributed by atoms with Gasteiger partial charge in [-0.2, -0.15) is 0 Å². The lowest BCUT2D eigenvalue weighted by Crippen LogP contribution is -1.97. The quantitative estimate of drug-likeness (QED) is 0.733. The number of aldehydes is 1. The Morgan fingerprint density at radius 3 is 3.23 bits per heavy atom. The maximum Gasteiger partial charge on any atom is 0.120 e. The van der Waals surface area contributed by atoms with E-state index in [9.17, 15) is 9.90 Å². The maximum absolute atomic E-state index is 10.4. The molecule has 0 fully saturated rings. The molecule has 3 heteroatoms. The van der Waals surface area contributed by atoms with E-state index >= 15 is 0 Å². The molecular weight excluding hydrogens is 184 g/mol. The van der Waals surface area contributed by atoms with E-state index in [0.29, 0.717) is 12.2 Å². The van der Waals surface area contributed by atoms with Gasteiger partial charge in [0, 0.05) is 28.6 Å². The molecule has 0 amide bonds. The number of carbonyl (C=O) groups is 1. The molecule has 1 aliphatic heterocycles. The largest absolute Gasteiger partial charge is 0.508 e. The Morgan fingerprint density at radius 2 is 2.46 bits per heavy atom. The Kier molecular flexibility index (Phi) is 2.27. The van der Waals surface area contributed by atoms with Gasteiger partial charge in [0.2, 0.25) is 0 Å². The lowest BCUT2D eigenvalue weighted by molar-refractivity contribution is -0.108. The molecule has 0 aromatic heterocycles. The highest BCUT2D eigenvalue weighted by Crippen LogP contribution is 2.44. The van der Waals surface area contributed by atoms with Gasteiger partial charge in [-0.1, -0.05) is 6.07 Å². The van der Waals surface area contributed by atoms with Gasteiger partial charge in [0.25, 0.3) is 0 Å². The Hall–Kier alpha value is -0.960. The molecule has 1 aromatic rings. The fraction of sp³-hybridized carbons (Fsp3) is 0.300. The van der Waals surface area contributed by atoms with Crippen molar-refractivity contribution in [1.29, 1.82) is 0 Å². The molecule has 1 aliphatic rings. The molecule has 0 saturated heterocycles. The summed E-state index contributed by atoms with van der Waals surface area (Å²) < 4.78 is 0. The zero-order valence-electron chi connectivity index (χ0n) is 7.06. The molecule has 0 bridgehead atoms. The molecule has 1 heterocycles. The first kappa shape index (κ1) is 8.63. The first-order valence-electron chi connectivity index (χ1n) is 4.21. The van der Waals surface area contributed by atoms with Crippen molar-refractivity contribution in [2.45, 2.75) is 17.2 Å². The number of thioether (sulfide) groups is 1. The monoisotopic (exact) mass is 194 g/mol. The number of hydrogen-bond donors (Lipinski definition) is 1. The second-order valence-electron chi connectivity index (χ2n) is 3.10. The van der Waals surface area contributed by atoms with Crippen molar-refractivity contribution in [2.75, 3.05) is 5.75 Å². The maximum atomic E-state index is 10.4. The number of phenols is 1. The second-order valence-corrected chi connectivity index (χ2v) is 4.16. The first-order chi connectivity index (χ1) is 6.33. The summed E-state index contributed by atoms with van der Waals surface area (Å²) in [4.78, 5) is 11.5. The third kappa shape index (κ3) is 1.44. The zero-order chi connectivity index (χ0) is 9.26. The van der Waals surface area contributed by atoms with Gasteiger partial charge < -0.3 is 9.90 Å². The highest BCUT2D eigenvalue weighted by Gasteiger charge is 2.25. The normalized spacial score (nSPS) is 19.8. The number of hydrogen-bond acceptors (Lipinski definition) is 3. The predicted molar refractivity (Wildman–Crippen MR) is 52.3 cm³/mol. The molecular formula is C10H10O2S. The fourth-order valence-corrected chi connectivity index (χ4v) is 2.93. The highest BCUT2D eigenvalue weighted by atomic mass is 32.2. The lowest BCUT2D eigenvalue weighted by Gasteiger charge is -2.07. The highest BCUT2D eigenvalue weighted by molar-refractivity contribution is 7.99. The van der Waals surface area contributed by atoms with Gasteiger partial charge in [-0.3, -0.25) is 0 Å². The Morgan fingerprint density at radius 1 is 1.62 bits per heavy atom. The number of fused-ring (bicyclic) bond motifs is 1. The van der Waals surface area contributed by atoms with Crippen LogP contribution in [-0.2, 0) is 4.79 Å². The van der Waals surface area contributed by atoms with Crippen LogP contribution in [0.1, 0.15) is 17.9 Å². The van der Waals surface area contributed by atoms with Crippen molar-refractivity contribution in [3.8, 4) is 5.75 Å². The second kappa shape index (κ2) is 3.42. The summed E-state index contributed by atoms with van der Waals surface area (Å²) in [7, 11) is 0. The zero-order valence-corrected chi connectivity index (χ0v) is 7.88. The summed E-state index contributed by atoms with van der Waals surface area (Å²) in [6, 6.07) is 5.51. The van der Waals surface area contributed by atoms with Gasteiger partial charge in [0.1, 0.15) is 12.0 Å². The van der Waals surface area contributed by atoms with Crippen LogP contribution in [0.25, 0.3) is 0 Å². The van der Waals surface area contributed by atoms with Crippen molar-refractivity contribution in [3.05, 3.63) is 23.8 Å². The molecule has 0 radical (unpaired) electrons. The summed E-state index contributed by atoms with van der Waals surface area (Å²) in [5.41, 5.74) is 0.958. The van der Waals surface area contributed by atoms with Crippen LogP contribution in [0.3, 0.4) is 0 Å². The third-order valence-electron chi connectivity index (χ3n) is 2.27. The van der Waals surface area contributed by atoms with Crippen LogP contribution in [0.5, 0.6) is 5.75 Å². The summed E-state index contributed by atoms with van der Waals surface area (Å²) >= 11 is 1.71. The molecule has 1 atom stereocenters. The molecule has 1 aromatic carbocycles. The summed E-state index contributed by atoms with van der Waals surface area (Å²) in [5, 5.41) is 9.60. The van der Waals surface area contributed by atoms with E-state index in [2.05, 4.69) is 0 Å². The first-order valence-corrected chi connectivity index (χ1v) is 5.20. The van der Waals surface area contributed by atoms with Crippen molar-refractivity contribution < 1.29 is 9.90 Å². The SMILES string of the molecule is O=CCC1CSc2cccc(O)c21. The molecule has 2 rings (SSSR count). The minimum Gasteiger partial charge on any atom is -0.508 e. The topological polar surface area (TPSA) is 37.3 Å². The number of rotatable bonds is 2. The molecule has 0 aliphatic carbocycles. The molecule has 13 heavy (non-hydrogen) atoms. The van der Waals surface area contributed by atoms with E-state index in [4.69, 9.17) is 0 Å². The minimum absolute atomic E-state index is 0.207. The molecule has 68 valence electrons. The van der Waals surface area contributed by atoms with E-state index in [-0.39, 0.29) is 5.92 Å². The summed E-state index contributed by atoms with van der Waals surface area (Å²) in [5.74, 6) is 1.44. The van der Waals surface area contributed by atoms with Gasteiger partial charge in [-0.25, -0.2) is 0 Å². The van der Waals surface area contributed by atoms with Crippen LogP contribution in [-0.4, -0.2) is 17.1 Å². The predicted octanol–water partition coefficient (Wildman–Crippen LogP) is 2.17. The average Bonchev–Trinajstić information content (AvgIpc) is 2.51. The van der Waals surface area contributed by atoms with Crippen LogP contribution in [0, 0.1) is 0 Å².